The molecule has 0 bridgehead atoms. The van der Waals surface area contributed by atoms with E-state index in [4.69, 9.17) is 28.4 Å². The average molecular weight is 1060 g/mol. The summed E-state index contributed by atoms with van der Waals surface area (Å²) in [6.07, 6.45) is -12.9. The first-order chi connectivity index (χ1) is 33.8. The van der Waals surface area contributed by atoms with Gasteiger partial charge in [-0.15, -0.1) is 0 Å². The number of cyclic esters (lactones) is 1. The second kappa shape index (κ2) is 24.0. The van der Waals surface area contributed by atoms with E-state index in [2.05, 4.69) is 20.3 Å². The van der Waals surface area contributed by atoms with E-state index in [9.17, 15) is 51.9 Å². The smallest absolute Gasteiger partial charge is 0.416 e. The standard InChI is InChI=1S/C50H80F3N5O14S/c1-13-38-48(10,63)42(60)32(6)56-25-28(2)23-46(8,62)43(72-45-40(59)37(22-29(3)68-45)58(11)73(65,66)57-36-16-14-35(15-17-36)50(51,52)53)30(4)41(31(5)44(61)70-38)71-39-24-47(9,67-12)49(64,33(7)69-39)27-55-26-34-18-20-54-21-19-34/h14-21,28-33,37-43,45,55-57,59-60,62-64H,13,22-27H2,1-12H3/t28?,29-,30?,31?,32?,33+,37+,38?,39+,40-,41?,42?,43?,45+,46?,47-,48?,49+/m1/s1. The number of esters is 1. The van der Waals surface area contributed by atoms with Crippen molar-refractivity contribution >= 4 is 21.9 Å². The summed E-state index contributed by atoms with van der Waals surface area (Å²) in [5.74, 6) is -3.48. The highest BCUT2D eigenvalue weighted by atomic mass is 32.2. The van der Waals surface area contributed by atoms with E-state index in [-0.39, 0.29) is 50.4 Å². The molecular weight excluding hydrogens is 984 g/mol. The molecule has 0 radical (unpaired) electrons. The number of hydrogen-bond acceptors (Lipinski definition) is 17. The lowest BCUT2D eigenvalue weighted by Gasteiger charge is -2.53. The molecule has 3 fully saturated rings. The van der Waals surface area contributed by atoms with E-state index in [1.165, 1.54) is 34.9 Å². The molecule has 0 aliphatic carbocycles. The number of anilines is 1. The predicted molar refractivity (Wildman–Crippen MR) is 263 cm³/mol. The fraction of sp³-hybridized carbons (Fsp3) is 0.760. The van der Waals surface area contributed by atoms with Gasteiger partial charge in [0, 0.05) is 63.7 Å². The number of hydrogen-bond donors (Lipinski definition) is 8. The third kappa shape index (κ3) is 14.1. The zero-order valence-electron chi connectivity index (χ0n) is 44.0. The number of rotatable bonds is 14. The van der Waals surface area contributed by atoms with Crippen LogP contribution in [0, 0.1) is 17.8 Å². The fourth-order valence-electron chi connectivity index (χ4n) is 10.6. The van der Waals surface area contributed by atoms with Crippen molar-refractivity contribution < 1.29 is 80.3 Å². The summed E-state index contributed by atoms with van der Waals surface area (Å²) in [6.45, 7) is 17.0. The molecule has 3 saturated heterocycles. The maximum Gasteiger partial charge on any atom is 0.416 e. The molecule has 0 spiro atoms. The summed E-state index contributed by atoms with van der Waals surface area (Å²) in [6, 6.07) is 5.13. The third-order valence-corrected chi connectivity index (χ3v) is 16.8. The van der Waals surface area contributed by atoms with Crippen LogP contribution in [-0.2, 0) is 56.1 Å². The largest absolute Gasteiger partial charge is 0.459 e. The SMILES string of the molecule is CCC1OC(=O)C(C)C(O[C@H]2C[C@@](C)(OC)[C@](O)(CNCc3ccncc3)[C@H](C)O2)C(C)C(O[C@@H]2O[C@H](C)C[C@H](N(C)S(=O)(=O)Nc3ccc(C(F)(F)F)cc3)[C@H]2O)C(C)(O)CC(C)CNC(C)C(O)C1(C)O. The van der Waals surface area contributed by atoms with E-state index in [0.29, 0.717) is 6.54 Å². The van der Waals surface area contributed by atoms with Gasteiger partial charge in [0.1, 0.15) is 35.1 Å². The number of carbonyl (C=O) groups is 1. The van der Waals surface area contributed by atoms with Gasteiger partial charge in [0.05, 0.1) is 47.5 Å². The Hall–Kier alpha value is -3.14. The minimum Gasteiger partial charge on any atom is -0.459 e. The van der Waals surface area contributed by atoms with Crippen LogP contribution in [0.3, 0.4) is 0 Å². The highest BCUT2D eigenvalue weighted by Crippen LogP contribution is 2.43. The van der Waals surface area contributed by atoms with Gasteiger partial charge in [-0.3, -0.25) is 14.5 Å². The molecule has 4 heterocycles. The Morgan fingerprint density at radius 2 is 1.58 bits per heavy atom. The molecule has 8 N–H and O–H groups in total. The maximum absolute atomic E-state index is 14.6. The monoisotopic (exact) mass is 1060 g/mol. The van der Waals surface area contributed by atoms with Gasteiger partial charge in [-0.1, -0.05) is 20.8 Å². The molecular formula is C50H80F3N5O14S. The number of methoxy groups -OCH3 is 1. The number of nitrogens with zero attached hydrogens (tertiary/aromatic N) is 2. The molecule has 3 aliphatic heterocycles. The van der Waals surface area contributed by atoms with Crippen LogP contribution in [0.4, 0.5) is 18.9 Å². The van der Waals surface area contributed by atoms with Crippen LogP contribution >= 0.6 is 0 Å². The van der Waals surface area contributed by atoms with Crippen molar-refractivity contribution in [1.82, 2.24) is 19.9 Å². The zero-order chi connectivity index (χ0) is 54.6. The van der Waals surface area contributed by atoms with Crippen LogP contribution in [0.1, 0.15) is 106 Å². The minimum atomic E-state index is -4.65. The Morgan fingerprint density at radius 3 is 2.16 bits per heavy atom. The third-order valence-electron chi connectivity index (χ3n) is 15.3. The van der Waals surface area contributed by atoms with Gasteiger partial charge in [0.25, 0.3) is 0 Å². The summed E-state index contributed by atoms with van der Waals surface area (Å²) >= 11 is 0. The summed E-state index contributed by atoms with van der Waals surface area (Å²) in [4.78, 5) is 18.6. The van der Waals surface area contributed by atoms with E-state index in [1.807, 2.05) is 19.1 Å². The Bertz CT molecular complexity index is 2200. The van der Waals surface area contributed by atoms with E-state index >= 15 is 0 Å². The fourth-order valence-corrected chi connectivity index (χ4v) is 11.8. The van der Waals surface area contributed by atoms with Crippen molar-refractivity contribution in [2.45, 2.75) is 197 Å². The maximum atomic E-state index is 14.6. The zero-order valence-corrected chi connectivity index (χ0v) is 44.8. The van der Waals surface area contributed by atoms with E-state index in [0.717, 1.165) is 34.1 Å². The van der Waals surface area contributed by atoms with Gasteiger partial charge < -0.3 is 64.6 Å². The van der Waals surface area contributed by atoms with Gasteiger partial charge in [0.15, 0.2) is 12.6 Å². The van der Waals surface area contributed by atoms with E-state index < -0.39 is 130 Å². The number of ether oxygens (including phenoxy) is 6. The van der Waals surface area contributed by atoms with Crippen LogP contribution in [0.5, 0.6) is 0 Å². The molecule has 10 unspecified atom stereocenters. The lowest BCUT2D eigenvalue weighted by molar-refractivity contribution is -0.336. The Balaban J connectivity index is 1.52. The second-order valence-corrected chi connectivity index (χ2v) is 22.9. The molecule has 0 amide bonds. The first kappa shape index (κ1) is 60.7. The Kier molecular flexibility index (Phi) is 20.0. The molecule has 23 heteroatoms. The second-order valence-electron chi connectivity index (χ2n) is 21.2. The normalized spacial score (nSPS) is 39.8. The van der Waals surface area contributed by atoms with Crippen molar-refractivity contribution in [2.24, 2.45) is 17.8 Å². The van der Waals surface area contributed by atoms with Crippen molar-refractivity contribution in [3.8, 4) is 0 Å². The number of carbonyl (C=O) groups excluding carboxylic acids is 1. The predicted octanol–water partition coefficient (Wildman–Crippen LogP) is 3.86. The number of aliphatic hydroxyl groups is 5. The highest BCUT2D eigenvalue weighted by Gasteiger charge is 2.58. The number of aromatic nitrogens is 1. The molecule has 3 aliphatic rings. The molecule has 416 valence electrons. The van der Waals surface area contributed by atoms with Crippen molar-refractivity contribution in [2.75, 3.05) is 32.0 Å². The van der Waals surface area contributed by atoms with Gasteiger partial charge in [-0.2, -0.15) is 25.9 Å². The molecule has 73 heavy (non-hydrogen) atoms. The number of aliphatic hydroxyl groups excluding tert-OH is 2. The van der Waals surface area contributed by atoms with Crippen LogP contribution in [-0.4, -0.2) is 166 Å². The number of nitrogens with one attached hydrogen (secondary N) is 3. The summed E-state index contributed by atoms with van der Waals surface area (Å²) < 4.78 is 109. The Labute approximate surface area is 428 Å². The topological polar surface area (TPSA) is 260 Å². The van der Waals surface area contributed by atoms with Gasteiger partial charge >= 0.3 is 22.4 Å². The molecule has 18 atom stereocenters. The lowest BCUT2D eigenvalue weighted by atomic mass is 9.75. The number of likely N-dealkylation sites (N-methyl/N-ethyl adjacent to an activating group) is 1. The van der Waals surface area contributed by atoms with Crippen LogP contribution in [0.2, 0.25) is 0 Å². The molecule has 0 saturated carbocycles. The summed E-state index contributed by atoms with van der Waals surface area (Å²) in [5, 5.41) is 67.0. The average Bonchev–Trinajstić information content (AvgIpc) is 3.32. The van der Waals surface area contributed by atoms with E-state index in [1.54, 1.807) is 53.9 Å². The number of benzene rings is 1. The molecule has 1 aromatic heterocycles. The quantitative estimate of drug-likeness (QED) is 0.125. The lowest BCUT2D eigenvalue weighted by Crippen LogP contribution is -2.70. The number of halogens is 3. The number of alkyl halides is 3. The van der Waals surface area contributed by atoms with Gasteiger partial charge in [-0.05, 0) is 122 Å². The first-order valence-corrected chi connectivity index (χ1v) is 26.4. The molecule has 5 rings (SSSR count). The van der Waals surface area contributed by atoms with Crippen molar-refractivity contribution in [3.63, 3.8) is 0 Å². The highest BCUT2D eigenvalue weighted by molar-refractivity contribution is 7.90. The van der Waals surface area contributed by atoms with Crippen LogP contribution in [0.25, 0.3) is 0 Å². The first-order valence-electron chi connectivity index (χ1n) is 25.0. The number of pyridine rings is 1. The molecule has 1 aromatic carbocycles. The van der Waals surface area contributed by atoms with Gasteiger partial charge in [-0.25, -0.2) is 0 Å². The summed E-state index contributed by atoms with van der Waals surface area (Å²) in [7, 11) is -1.89. The summed E-state index contributed by atoms with van der Waals surface area (Å²) in [5.41, 5.74) is -6.95. The van der Waals surface area contributed by atoms with Crippen molar-refractivity contribution in [3.05, 3.63) is 59.9 Å². The minimum absolute atomic E-state index is 0.00269. The molecule has 2 aromatic rings. The molecule has 19 nitrogen and oxygen atoms in total. The Morgan fingerprint density at radius 1 is 0.945 bits per heavy atom. The van der Waals surface area contributed by atoms with Crippen LogP contribution < -0.4 is 15.4 Å². The van der Waals surface area contributed by atoms with Gasteiger partial charge in [0.2, 0.25) is 0 Å². The van der Waals surface area contributed by atoms with Crippen LogP contribution in [0.15, 0.2) is 48.8 Å². The van der Waals surface area contributed by atoms with Crippen molar-refractivity contribution in [1.29, 1.82) is 0 Å².